The lowest BCUT2D eigenvalue weighted by Crippen LogP contribution is -2.62. The van der Waals surface area contributed by atoms with Crippen LogP contribution in [0.25, 0.3) is 0 Å². The van der Waals surface area contributed by atoms with Crippen LogP contribution in [0.4, 0.5) is 5.69 Å². The highest BCUT2D eigenvalue weighted by Crippen LogP contribution is 2.47. The Kier molecular flexibility index (Phi) is 7.89. The Bertz CT molecular complexity index is 1660. The van der Waals surface area contributed by atoms with E-state index in [1.165, 1.54) is 24.1 Å². The van der Waals surface area contributed by atoms with Crippen molar-refractivity contribution in [2.45, 2.75) is 80.2 Å². The summed E-state index contributed by atoms with van der Waals surface area (Å²) in [7, 11) is -4.15. The second-order valence-corrected chi connectivity index (χ2v) is 15.6. The molecule has 4 atom stereocenters. The van der Waals surface area contributed by atoms with E-state index in [1.54, 1.807) is 12.1 Å². The number of hydrogen-bond acceptors (Lipinski definition) is 8. The van der Waals surface area contributed by atoms with Crippen LogP contribution in [0.3, 0.4) is 0 Å². The van der Waals surface area contributed by atoms with Crippen molar-refractivity contribution in [3.8, 4) is 5.75 Å². The fourth-order valence-corrected chi connectivity index (χ4v) is 9.27. The maximum atomic E-state index is 13.7. The fourth-order valence-electron chi connectivity index (χ4n) is 8.01. The average molecular weight is 654 g/mol. The van der Waals surface area contributed by atoms with Crippen LogP contribution in [0.15, 0.2) is 53.4 Å². The summed E-state index contributed by atoms with van der Waals surface area (Å²) in [5.41, 5.74) is 1.86. The van der Waals surface area contributed by atoms with Gasteiger partial charge in [0.2, 0.25) is 0 Å². The van der Waals surface area contributed by atoms with Gasteiger partial charge < -0.3 is 14.4 Å². The Morgan fingerprint density at radius 3 is 2.69 bits per heavy atom. The molecule has 2 aromatic carbocycles. The number of aryl methyl sites for hydroxylation is 1. The first-order valence-corrected chi connectivity index (χ1v) is 17.9. The summed E-state index contributed by atoms with van der Waals surface area (Å²) in [6.07, 6.45) is 10.1. The summed E-state index contributed by atoms with van der Waals surface area (Å²) in [5, 5.41) is 3.99. The number of amides is 1. The number of anilines is 1. The Balaban J connectivity index is 1.31. The standard InChI is InChI=1S/C34H40ClN3O6S/c1-22(39)44-30-6-3-16-36-34(14-4-15-34)32(40)37-45(41,42)26-9-12-31-29(18-26)38(19-24-7-10-27(24)30)20-33(21-43-31)13-2-5-23-17-25(35)8-11-28(23)33/h3,6,8-9,11-12,17-18,24,27,30,36H,2,4-5,7,10,13-16,19-21H2,1H3,(H,37,40)/b6-3+/t24-,27+,30+,33-/m0/s1. The SMILES string of the molecule is CC(=O)O[C@@H]1/C=C/CNC2(CCC2)C(=O)NS(=O)(=O)c2ccc3c(c2)N(C[C@@H]2CC[C@H]21)C[C@@]1(CCCc2cc(Cl)ccc21)CO3. The Morgan fingerprint density at radius 1 is 1.11 bits per heavy atom. The number of sulfonamides is 1. The van der Waals surface area contributed by atoms with E-state index in [2.05, 4.69) is 27.1 Å². The average Bonchev–Trinajstić information content (AvgIpc) is 3.10. The number of halogens is 1. The molecule has 3 aliphatic carbocycles. The molecule has 2 fully saturated rings. The number of nitrogens with one attached hydrogen (secondary N) is 2. The smallest absolute Gasteiger partial charge is 0.303 e. The molecule has 0 aromatic heterocycles. The molecule has 7 rings (SSSR count). The molecule has 45 heavy (non-hydrogen) atoms. The number of carbonyl (C=O) groups excluding carboxylic acids is 2. The number of benzene rings is 2. The lowest BCUT2D eigenvalue weighted by molar-refractivity contribution is -0.149. The molecule has 2 bridgehead atoms. The Morgan fingerprint density at radius 2 is 1.96 bits per heavy atom. The first kappa shape index (κ1) is 30.6. The van der Waals surface area contributed by atoms with Gasteiger partial charge in [0.05, 0.1) is 22.7 Å². The monoisotopic (exact) mass is 653 g/mol. The molecule has 2 N–H and O–H groups in total. The molecule has 5 aliphatic rings. The molecule has 2 spiro atoms. The highest BCUT2D eigenvalue weighted by atomic mass is 35.5. The largest absolute Gasteiger partial charge is 0.490 e. The van der Waals surface area contributed by atoms with Crippen LogP contribution >= 0.6 is 11.6 Å². The summed E-state index contributed by atoms with van der Waals surface area (Å²) in [5.74, 6) is 0.0708. The summed E-state index contributed by atoms with van der Waals surface area (Å²) in [6.45, 7) is 3.53. The minimum absolute atomic E-state index is 0.0272. The molecule has 2 aromatic rings. The first-order chi connectivity index (χ1) is 21.6. The molecule has 0 saturated heterocycles. The van der Waals surface area contributed by atoms with Crippen molar-refractivity contribution in [3.05, 3.63) is 64.7 Å². The third-order valence-electron chi connectivity index (χ3n) is 10.7. The summed E-state index contributed by atoms with van der Waals surface area (Å²) in [4.78, 5) is 27.9. The van der Waals surface area contributed by atoms with E-state index in [0.29, 0.717) is 55.5 Å². The van der Waals surface area contributed by atoms with Gasteiger partial charge in [0.15, 0.2) is 0 Å². The summed E-state index contributed by atoms with van der Waals surface area (Å²) < 4.78 is 42.1. The van der Waals surface area contributed by atoms with Crippen LogP contribution < -0.4 is 19.7 Å². The quantitative estimate of drug-likeness (QED) is 0.338. The van der Waals surface area contributed by atoms with Gasteiger partial charge in [-0.05, 0) is 105 Å². The number of carbonyl (C=O) groups is 2. The lowest BCUT2D eigenvalue weighted by atomic mass is 9.68. The number of rotatable bonds is 1. The van der Waals surface area contributed by atoms with E-state index < -0.39 is 21.5 Å². The van der Waals surface area contributed by atoms with Gasteiger partial charge in [0.1, 0.15) is 11.9 Å². The van der Waals surface area contributed by atoms with Crippen molar-refractivity contribution in [3.63, 3.8) is 0 Å². The fraction of sp³-hybridized carbons (Fsp3) is 0.529. The van der Waals surface area contributed by atoms with E-state index in [4.69, 9.17) is 21.1 Å². The molecule has 2 saturated carbocycles. The summed E-state index contributed by atoms with van der Waals surface area (Å²) >= 11 is 6.41. The lowest BCUT2D eigenvalue weighted by Gasteiger charge is -2.46. The van der Waals surface area contributed by atoms with E-state index in [-0.39, 0.29) is 34.2 Å². The molecule has 0 unspecified atom stereocenters. The van der Waals surface area contributed by atoms with Crippen LogP contribution in [0.2, 0.25) is 5.02 Å². The van der Waals surface area contributed by atoms with Crippen molar-refractivity contribution in [2.75, 3.05) is 31.1 Å². The van der Waals surface area contributed by atoms with E-state index >= 15 is 0 Å². The minimum Gasteiger partial charge on any atom is -0.490 e. The topological polar surface area (TPSA) is 114 Å². The predicted octanol–water partition coefficient (Wildman–Crippen LogP) is 4.66. The van der Waals surface area contributed by atoms with Gasteiger partial charge in [0, 0.05) is 42.9 Å². The van der Waals surface area contributed by atoms with E-state index in [1.807, 2.05) is 18.2 Å². The molecule has 2 aliphatic heterocycles. The number of nitrogens with zero attached hydrogens (tertiary/aromatic N) is 1. The van der Waals surface area contributed by atoms with Gasteiger partial charge in [-0.3, -0.25) is 14.9 Å². The van der Waals surface area contributed by atoms with Gasteiger partial charge in [0.25, 0.3) is 15.9 Å². The predicted molar refractivity (Wildman–Crippen MR) is 171 cm³/mol. The third kappa shape index (κ3) is 5.63. The van der Waals surface area contributed by atoms with E-state index in [9.17, 15) is 18.0 Å². The zero-order valence-corrected chi connectivity index (χ0v) is 27.1. The van der Waals surface area contributed by atoms with Crippen LogP contribution in [-0.4, -0.2) is 58.2 Å². The number of fused-ring (bicyclic) bond motifs is 4. The first-order valence-electron chi connectivity index (χ1n) is 16.0. The van der Waals surface area contributed by atoms with Crippen molar-refractivity contribution in [1.29, 1.82) is 0 Å². The van der Waals surface area contributed by atoms with Crippen molar-refractivity contribution in [2.24, 2.45) is 11.8 Å². The number of ether oxygens (including phenoxy) is 2. The molecular weight excluding hydrogens is 614 g/mol. The molecular formula is C34H40ClN3O6S. The van der Waals surface area contributed by atoms with Crippen LogP contribution in [0, 0.1) is 11.8 Å². The molecule has 9 nitrogen and oxygen atoms in total. The number of esters is 1. The van der Waals surface area contributed by atoms with E-state index in [0.717, 1.165) is 38.5 Å². The van der Waals surface area contributed by atoms with Crippen molar-refractivity contribution in [1.82, 2.24) is 10.0 Å². The van der Waals surface area contributed by atoms with Gasteiger partial charge in [-0.15, -0.1) is 0 Å². The maximum Gasteiger partial charge on any atom is 0.303 e. The van der Waals surface area contributed by atoms with Crippen LogP contribution in [0.5, 0.6) is 5.75 Å². The maximum absolute atomic E-state index is 13.7. The Hall–Kier alpha value is -3.08. The molecule has 2 heterocycles. The second kappa shape index (κ2) is 11.6. The van der Waals surface area contributed by atoms with Crippen LogP contribution in [-0.2, 0) is 36.2 Å². The van der Waals surface area contributed by atoms with Gasteiger partial charge in [-0.2, -0.15) is 0 Å². The zero-order chi connectivity index (χ0) is 31.4. The number of hydrogen-bond donors (Lipinski definition) is 2. The highest BCUT2D eigenvalue weighted by molar-refractivity contribution is 7.90. The highest BCUT2D eigenvalue weighted by Gasteiger charge is 2.47. The van der Waals surface area contributed by atoms with Crippen molar-refractivity contribution < 1.29 is 27.5 Å². The molecule has 11 heteroatoms. The summed E-state index contributed by atoms with van der Waals surface area (Å²) in [6, 6.07) is 11.0. The van der Waals surface area contributed by atoms with Gasteiger partial charge >= 0.3 is 5.97 Å². The van der Waals surface area contributed by atoms with Crippen molar-refractivity contribution >= 4 is 39.2 Å². The molecule has 1 amide bonds. The molecule has 0 radical (unpaired) electrons. The molecule has 240 valence electrons. The van der Waals surface area contributed by atoms with Gasteiger partial charge in [-0.1, -0.05) is 23.7 Å². The normalized spacial score (nSPS) is 30.8. The van der Waals surface area contributed by atoms with Crippen LogP contribution in [0.1, 0.15) is 63.0 Å². The second-order valence-electron chi connectivity index (χ2n) is 13.5. The minimum atomic E-state index is -4.15. The van der Waals surface area contributed by atoms with Gasteiger partial charge in [-0.25, -0.2) is 13.1 Å². The third-order valence-corrected chi connectivity index (χ3v) is 12.3. The zero-order valence-electron chi connectivity index (χ0n) is 25.5. The Labute approximate surface area is 269 Å².